The number of nitrogen functional groups attached to an aromatic ring is 1. The van der Waals surface area contributed by atoms with Gasteiger partial charge in [-0.1, -0.05) is 0 Å². The molecule has 14 heavy (non-hydrogen) atoms. The lowest BCUT2D eigenvalue weighted by Crippen LogP contribution is -2.20. The molecule has 1 aromatic rings. The molecular weight excluding hydrogens is 182 g/mol. The second-order valence-electron chi connectivity index (χ2n) is 2.96. The Hall–Kier alpha value is -1.78. The van der Waals surface area contributed by atoms with E-state index in [1.165, 1.54) is 12.3 Å². The van der Waals surface area contributed by atoms with Crippen LogP contribution in [-0.2, 0) is 0 Å². The van der Waals surface area contributed by atoms with E-state index in [9.17, 15) is 4.79 Å². The Kier molecular flexibility index (Phi) is 2.91. The van der Waals surface area contributed by atoms with Crippen molar-refractivity contribution in [1.29, 1.82) is 0 Å². The lowest BCUT2D eigenvalue weighted by molar-refractivity contribution is 0.0697. The number of nitrogens with zero attached hydrogens (tertiary/aromatic N) is 2. The van der Waals surface area contributed by atoms with Gasteiger partial charge in [-0.2, -0.15) is 0 Å². The van der Waals surface area contributed by atoms with Gasteiger partial charge in [0.1, 0.15) is 11.4 Å². The first-order chi connectivity index (χ1) is 6.56. The van der Waals surface area contributed by atoms with Crippen LogP contribution >= 0.6 is 0 Å². The zero-order valence-electron chi connectivity index (χ0n) is 8.19. The number of aromatic carboxylic acids is 1. The highest BCUT2D eigenvalue weighted by atomic mass is 16.4. The van der Waals surface area contributed by atoms with Crippen LogP contribution in [0.4, 0.5) is 11.5 Å². The topological polar surface area (TPSA) is 79.5 Å². The van der Waals surface area contributed by atoms with Gasteiger partial charge in [0.15, 0.2) is 0 Å². The fourth-order valence-corrected chi connectivity index (χ4v) is 1.09. The third kappa shape index (κ3) is 1.93. The largest absolute Gasteiger partial charge is 0.478 e. The first kappa shape index (κ1) is 10.3. The van der Waals surface area contributed by atoms with E-state index in [1.807, 2.05) is 6.92 Å². The van der Waals surface area contributed by atoms with E-state index in [-0.39, 0.29) is 5.56 Å². The number of pyridine rings is 1. The number of carboxylic acid groups (broad SMARTS) is 1. The minimum Gasteiger partial charge on any atom is -0.478 e. The van der Waals surface area contributed by atoms with Gasteiger partial charge in [0.05, 0.1) is 11.9 Å². The highest BCUT2D eigenvalue weighted by Crippen LogP contribution is 2.18. The van der Waals surface area contributed by atoms with Crippen molar-refractivity contribution in [2.45, 2.75) is 6.92 Å². The van der Waals surface area contributed by atoms with Crippen LogP contribution in [0.15, 0.2) is 12.3 Å². The number of rotatable bonds is 3. The Labute approximate surface area is 82.2 Å². The van der Waals surface area contributed by atoms with Crippen molar-refractivity contribution in [3.63, 3.8) is 0 Å². The predicted octanol–water partition coefficient (Wildman–Crippen LogP) is 0.818. The van der Waals surface area contributed by atoms with Gasteiger partial charge in [0.2, 0.25) is 0 Å². The highest BCUT2D eigenvalue weighted by Gasteiger charge is 2.14. The molecule has 0 aliphatic carbocycles. The number of carboxylic acids is 1. The van der Waals surface area contributed by atoms with Gasteiger partial charge in [0, 0.05) is 13.6 Å². The van der Waals surface area contributed by atoms with Crippen molar-refractivity contribution in [2.75, 3.05) is 24.2 Å². The van der Waals surface area contributed by atoms with E-state index in [0.29, 0.717) is 18.1 Å². The lowest BCUT2D eigenvalue weighted by atomic mass is 10.2. The summed E-state index contributed by atoms with van der Waals surface area (Å²) in [4.78, 5) is 16.6. The molecule has 76 valence electrons. The zero-order valence-corrected chi connectivity index (χ0v) is 8.19. The Bertz CT molecular complexity index is 352. The third-order valence-electron chi connectivity index (χ3n) is 1.95. The molecule has 0 saturated carbocycles. The van der Waals surface area contributed by atoms with E-state index >= 15 is 0 Å². The molecule has 1 rings (SSSR count). The Morgan fingerprint density at radius 1 is 1.71 bits per heavy atom. The first-order valence-corrected chi connectivity index (χ1v) is 4.26. The molecular formula is C9H13N3O2. The van der Waals surface area contributed by atoms with Crippen molar-refractivity contribution in [3.8, 4) is 0 Å². The summed E-state index contributed by atoms with van der Waals surface area (Å²) in [5, 5.41) is 8.91. The molecule has 0 saturated heterocycles. The number of nitrogens with two attached hydrogens (primary N) is 1. The van der Waals surface area contributed by atoms with Crippen molar-refractivity contribution in [3.05, 3.63) is 17.8 Å². The molecule has 3 N–H and O–H groups in total. The van der Waals surface area contributed by atoms with E-state index in [0.717, 1.165) is 0 Å². The van der Waals surface area contributed by atoms with Crippen LogP contribution in [0.1, 0.15) is 17.3 Å². The summed E-state index contributed by atoms with van der Waals surface area (Å²) >= 11 is 0. The molecule has 0 bridgehead atoms. The summed E-state index contributed by atoms with van der Waals surface area (Å²) in [6.45, 7) is 2.61. The lowest BCUT2D eigenvalue weighted by Gasteiger charge is -2.17. The van der Waals surface area contributed by atoms with Crippen molar-refractivity contribution < 1.29 is 9.90 Å². The summed E-state index contributed by atoms with van der Waals surface area (Å²) in [6.07, 6.45) is 1.45. The number of carbonyl (C=O) groups is 1. The molecule has 0 amide bonds. The van der Waals surface area contributed by atoms with Crippen LogP contribution in [0.5, 0.6) is 0 Å². The number of anilines is 2. The highest BCUT2D eigenvalue weighted by molar-refractivity contribution is 5.94. The molecule has 0 aliphatic heterocycles. The maximum absolute atomic E-state index is 10.9. The van der Waals surface area contributed by atoms with Gasteiger partial charge in [0.25, 0.3) is 0 Å². The average molecular weight is 195 g/mol. The van der Waals surface area contributed by atoms with Gasteiger partial charge in [-0.25, -0.2) is 9.78 Å². The van der Waals surface area contributed by atoms with Gasteiger partial charge < -0.3 is 15.7 Å². The molecule has 0 unspecified atom stereocenters. The van der Waals surface area contributed by atoms with Crippen LogP contribution in [0.2, 0.25) is 0 Å². The van der Waals surface area contributed by atoms with E-state index in [1.54, 1.807) is 11.9 Å². The third-order valence-corrected chi connectivity index (χ3v) is 1.95. The number of hydrogen-bond acceptors (Lipinski definition) is 4. The monoisotopic (exact) mass is 195 g/mol. The maximum Gasteiger partial charge on any atom is 0.339 e. The van der Waals surface area contributed by atoms with Crippen molar-refractivity contribution >= 4 is 17.5 Å². The zero-order chi connectivity index (χ0) is 10.7. The molecule has 0 radical (unpaired) electrons. The summed E-state index contributed by atoms with van der Waals surface area (Å²) in [7, 11) is 1.78. The van der Waals surface area contributed by atoms with Crippen LogP contribution in [-0.4, -0.2) is 29.7 Å². The summed E-state index contributed by atoms with van der Waals surface area (Å²) in [5.74, 6) is -0.575. The summed E-state index contributed by atoms with van der Waals surface area (Å²) < 4.78 is 0. The van der Waals surface area contributed by atoms with Gasteiger partial charge >= 0.3 is 5.97 Å². The maximum atomic E-state index is 10.9. The average Bonchev–Trinajstić information content (AvgIpc) is 2.16. The number of aromatic nitrogens is 1. The Morgan fingerprint density at radius 2 is 2.36 bits per heavy atom. The van der Waals surface area contributed by atoms with Crippen LogP contribution in [0.25, 0.3) is 0 Å². The molecule has 5 heteroatoms. The van der Waals surface area contributed by atoms with Crippen LogP contribution in [0, 0.1) is 0 Å². The van der Waals surface area contributed by atoms with E-state index in [2.05, 4.69) is 4.98 Å². The molecule has 0 atom stereocenters. The Morgan fingerprint density at radius 3 is 2.86 bits per heavy atom. The first-order valence-electron chi connectivity index (χ1n) is 4.26. The molecule has 0 fully saturated rings. The minimum atomic E-state index is -1.01. The molecule has 0 aromatic carbocycles. The minimum absolute atomic E-state index is 0.134. The van der Waals surface area contributed by atoms with Gasteiger partial charge in [-0.15, -0.1) is 0 Å². The molecule has 1 heterocycles. The SMILES string of the molecule is CCN(C)c1ncc(N)cc1C(=O)O. The second kappa shape index (κ2) is 3.95. The summed E-state index contributed by atoms with van der Waals surface area (Å²) in [6, 6.07) is 1.41. The van der Waals surface area contributed by atoms with Crippen LogP contribution in [0.3, 0.4) is 0 Å². The molecule has 0 spiro atoms. The molecule has 5 nitrogen and oxygen atoms in total. The van der Waals surface area contributed by atoms with Gasteiger partial charge in [-0.05, 0) is 13.0 Å². The molecule has 1 aromatic heterocycles. The van der Waals surface area contributed by atoms with E-state index < -0.39 is 5.97 Å². The quantitative estimate of drug-likeness (QED) is 0.746. The fraction of sp³-hybridized carbons (Fsp3) is 0.333. The Balaban J connectivity index is 3.21. The normalized spacial score (nSPS) is 9.86. The van der Waals surface area contributed by atoms with E-state index in [4.69, 9.17) is 10.8 Å². The molecule has 0 aliphatic rings. The standard InChI is InChI=1S/C9H13N3O2/c1-3-12(2)8-7(9(13)14)4-6(10)5-11-8/h4-5H,3,10H2,1-2H3,(H,13,14). The smallest absolute Gasteiger partial charge is 0.339 e. The van der Waals surface area contributed by atoms with Crippen LogP contribution < -0.4 is 10.6 Å². The van der Waals surface area contributed by atoms with Crippen molar-refractivity contribution in [2.24, 2.45) is 0 Å². The predicted molar refractivity (Wildman–Crippen MR) is 54.6 cm³/mol. The fourth-order valence-electron chi connectivity index (χ4n) is 1.09. The second-order valence-corrected chi connectivity index (χ2v) is 2.96. The van der Waals surface area contributed by atoms with Crippen molar-refractivity contribution in [1.82, 2.24) is 4.98 Å². The number of hydrogen-bond donors (Lipinski definition) is 2. The van der Waals surface area contributed by atoms with Gasteiger partial charge in [-0.3, -0.25) is 0 Å². The summed E-state index contributed by atoms with van der Waals surface area (Å²) in [5.41, 5.74) is 5.95.